The van der Waals surface area contributed by atoms with E-state index in [1.54, 1.807) is 30.3 Å². The maximum absolute atomic E-state index is 11.6. The van der Waals surface area contributed by atoms with Crippen molar-refractivity contribution in [2.24, 2.45) is 0 Å². The van der Waals surface area contributed by atoms with Crippen molar-refractivity contribution in [1.82, 2.24) is 5.32 Å². The molecule has 16 heavy (non-hydrogen) atoms. The quantitative estimate of drug-likeness (QED) is 0.569. The number of aliphatic carboxylic acids is 1. The molecule has 0 aliphatic carbocycles. The van der Waals surface area contributed by atoms with E-state index in [9.17, 15) is 14.7 Å². The van der Waals surface area contributed by atoms with Crippen LogP contribution in [-0.4, -0.2) is 31.2 Å². The minimum Gasteiger partial charge on any atom is -0.479 e. The van der Waals surface area contributed by atoms with E-state index in [0.717, 1.165) is 7.11 Å². The molecule has 1 aromatic carbocycles. The van der Waals surface area contributed by atoms with Crippen LogP contribution in [0, 0.1) is 0 Å². The summed E-state index contributed by atoms with van der Waals surface area (Å²) >= 11 is 0. The predicted molar refractivity (Wildman–Crippen MR) is 56.8 cm³/mol. The second-order valence-electron chi connectivity index (χ2n) is 3.16. The van der Waals surface area contributed by atoms with Crippen molar-refractivity contribution in [2.45, 2.75) is 5.54 Å². The molecule has 5 nitrogen and oxygen atoms in total. The predicted octanol–water partition coefficient (Wildman–Crippen LogP) is 0.359. The number of likely N-dealkylation sites (N-methyl/N-ethyl adjacent to an activating group) is 1. The van der Waals surface area contributed by atoms with Crippen molar-refractivity contribution < 1.29 is 19.4 Å². The number of carboxylic acid groups (broad SMARTS) is 1. The SMILES string of the molecule is CNC(C(=O)O)(C(=O)OC)c1ccccc1. The number of hydrogen-bond donors (Lipinski definition) is 2. The number of ether oxygens (including phenoxy) is 1. The Bertz CT molecular complexity index is 390. The summed E-state index contributed by atoms with van der Waals surface area (Å²) in [5.41, 5.74) is -1.52. The van der Waals surface area contributed by atoms with Crippen LogP contribution < -0.4 is 5.32 Å². The van der Waals surface area contributed by atoms with Crippen LogP contribution in [-0.2, 0) is 19.9 Å². The van der Waals surface area contributed by atoms with Gasteiger partial charge in [-0.2, -0.15) is 0 Å². The van der Waals surface area contributed by atoms with E-state index in [4.69, 9.17) is 0 Å². The molecule has 0 spiro atoms. The zero-order valence-electron chi connectivity index (χ0n) is 9.06. The van der Waals surface area contributed by atoms with E-state index in [1.807, 2.05) is 0 Å². The normalized spacial score (nSPS) is 13.9. The summed E-state index contributed by atoms with van der Waals surface area (Å²) in [4.78, 5) is 22.9. The van der Waals surface area contributed by atoms with Crippen molar-refractivity contribution in [3.63, 3.8) is 0 Å². The van der Waals surface area contributed by atoms with Gasteiger partial charge in [0.05, 0.1) is 7.11 Å². The summed E-state index contributed by atoms with van der Waals surface area (Å²) in [6.07, 6.45) is 0. The summed E-state index contributed by atoms with van der Waals surface area (Å²) in [5, 5.41) is 11.7. The first-order valence-corrected chi connectivity index (χ1v) is 4.65. The van der Waals surface area contributed by atoms with Gasteiger partial charge >= 0.3 is 11.9 Å². The fourth-order valence-corrected chi connectivity index (χ4v) is 1.52. The van der Waals surface area contributed by atoms with Crippen molar-refractivity contribution >= 4 is 11.9 Å². The monoisotopic (exact) mass is 223 g/mol. The molecule has 0 aliphatic heterocycles. The molecule has 0 aromatic heterocycles. The van der Waals surface area contributed by atoms with E-state index in [0.29, 0.717) is 5.56 Å². The summed E-state index contributed by atoms with van der Waals surface area (Å²) in [5.74, 6) is -2.15. The van der Waals surface area contributed by atoms with Gasteiger partial charge in [-0.1, -0.05) is 30.3 Å². The van der Waals surface area contributed by atoms with E-state index in [2.05, 4.69) is 10.1 Å². The van der Waals surface area contributed by atoms with E-state index >= 15 is 0 Å². The molecule has 1 atom stereocenters. The third kappa shape index (κ3) is 1.77. The summed E-state index contributed by atoms with van der Waals surface area (Å²) in [6, 6.07) is 8.17. The molecular weight excluding hydrogens is 210 g/mol. The molecule has 86 valence electrons. The van der Waals surface area contributed by atoms with Gasteiger partial charge < -0.3 is 9.84 Å². The second-order valence-corrected chi connectivity index (χ2v) is 3.16. The third-order valence-corrected chi connectivity index (χ3v) is 2.39. The minimum atomic E-state index is -1.85. The summed E-state index contributed by atoms with van der Waals surface area (Å²) in [7, 11) is 2.55. The molecule has 0 heterocycles. The highest BCUT2D eigenvalue weighted by atomic mass is 16.5. The smallest absolute Gasteiger partial charge is 0.342 e. The Balaban J connectivity index is 3.35. The average molecular weight is 223 g/mol. The number of rotatable bonds is 4. The van der Waals surface area contributed by atoms with Gasteiger partial charge in [0.1, 0.15) is 0 Å². The number of hydrogen-bond acceptors (Lipinski definition) is 4. The van der Waals surface area contributed by atoms with Crippen LogP contribution >= 0.6 is 0 Å². The van der Waals surface area contributed by atoms with Crippen LogP contribution in [0.1, 0.15) is 5.56 Å². The number of nitrogens with one attached hydrogen (secondary N) is 1. The Hall–Kier alpha value is -1.88. The van der Waals surface area contributed by atoms with Gasteiger partial charge in [-0.25, -0.2) is 9.59 Å². The summed E-state index contributed by atoms with van der Waals surface area (Å²) in [6.45, 7) is 0. The molecule has 0 amide bonds. The lowest BCUT2D eigenvalue weighted by Crippen LogP contribution is -2.54. The average Bonchev–Trinajstić information content (AvgIpc) is 2.31. The van der Waals surface area contributed by atoms with Gasteiger partial charge in [-0.05, 0) is 12.6 Å². The van der Waals surface area contributed by atoms with E-state index < -0.39 is 17.5 Å². The van der Waals surface area contributed by atoms with Crippen LogP contribution in [0.15, 0.2) is 30.3 Å². The molecule has 1 rings (SSSR count). The molecule has 1 aromatic rings. The standard InChI is InChI=1S/C11H13NO4/c1-12-11(9(13)14,10(15)16-2)8-6-4-3-5-7-8/h3-7,12H,1-2H3,(H,13,14). The Labute approximate surface area is 93.0 Å². The molecule has 1 unspecified atom stereocenters. The first kappa shape index (κ1) is 12.2. The molecule has 0 radical (unpaired) electrons. The lowest BCUT2D eigenvalue weighted by Gasteiger charge is -2.26. The second kappa shape index (κ2) is 4.76. The molecule has 2 N–H and O–H groups in total. The lowest BCUT2D eigenvalue weighted by atomic mass is 9.90. The Kier molecular flexibility index (Phi) is 3.63. The zero-order chi connectivity index (χ0) is 12.2. The summed E-state index contributed by atoms with van der Waals surface area (Å²) < 4.78 is 4.54. The van der Waals surface area contributed by atoms with Crippen molar-refractivity contribution in [2.75, 3.05) is 14.2 Å². The number of carbonyl (C=O) groups excluding carboxylic acids is 1. The van der Waals surface area contributed by atoms with Crippen molar-refractivity contribution in [3.8, 4) is 0 Å². The number of methoxy groups -OCH3 is 1. The highest BCUT2D eigenvalue weighted by molar-refractivity contribution is 6.04. The molecule has 0 bridgehead atoms. The molecule has 5 heteroatoms. The highest BCUT2D eigenvalue weighted by Gasteiger charge is 2.48. The van der Waals surface area contributed by atoms with Crippen LogP contribution in [0.3, 0.4) is 0 Å². The topological polar surface area (TPSA) is 75.6 Å². The molecule has 0 saturated carbocycles. The molecule has 0 aliphatic rings. The third-order valence-electron chi connectivity index (χ3n) is 2.39. The first-order chi connectivity index (χ1) is 7.59. The Morgan fingerprint density at radius 3 is 2.25 bits per heavy atom. The maximum Gasteiger partial charge on any atom is 0.342 e. The molecule has 0 saturated heterocycles. The minimum absolute atomic E-state index is 0.330. The van der Waals surface area contributed by atoms with Gasteiger partial charge in [-0.3, -0.25) is 5.32 Å². The number of carboxylic acids is 1. The zero-order valence-corrected chi connectivity index (χ0v) is 9.06. The van der Waals surface area contributed by atoms with Gasteiger partial charge in [0.15, 0.2) is 0 Å². The fourth-order valence-electron chi connectivity index (χ4n) is 1.52. The fraction of sp³-hybridized carbons (Fsp3) is 0.273. The van der Waals surface area contributed by atoms with Gasteiger partial charge in [0.25, 0.3) is 0 Å². The number of carbonyl (C=O) groups is 2. The van der Waals surface area contributed by atoms with Gasteiger partial charge in [-0.15, -0.1) is 0 Å². The van der Waals surface area contributed by atoms with E-state index in [-0.39, 0.29) is 0 Å². The van der Waals surface area contributed by atoms with Gasteiger partial charge in [0.2, 0.25) is 5.54 Å². The van der Waals surface area contributed by atoms with Crippen LogP contribution in [0.2, 0.25) is 0 Å². The van der Waals surface area contributed by atoms with Crippen molar-refractivity contribution in [1.29, 1.82) is 0 Å². The van der Waals surface area contributed by atoms with E-state index in [1.165, 1.54) is 7.05 Å². The highest BCUT2D eigenvalue weighted by Crippen LogP contribution is 2.22. The maximum atomic E-state index is 11.6. The van der Waals surface area contributed by atoms with Crippen molar-refractivity contribution in [3.05, 3.63) is 35.9 Å². The Morgan fingerprint density at radius 1 is 1.31 bits per heavy atom. The number of benzene rings is 1. The van der Waals surface area contributed by atoms with Gasteiger partial charge in [0, 0.05) is 0 Å². The van der Waals surface area contributed by atoms with Crippen LogP contribution in [0.4, 0.5) is 0 Å². The number of esters is 1. The molecule has 0 fully saturated rings. The first-order valence-electron chi connectivity index (χ1n) is 4.65. The Morgan fingerprint density at radius 2 is 1.88 bits per heavy atom. The largest absolute Gasteiger partial charge is 0.479 e. The molecular formula is C11H13NO4. The lowest BCUT2D eigenvalue weighted by molar-refractivity contribution is -0.161. The van der Waals surface area contributed by atoms with Crippen LogP contribution in [0.5, 0.6) is 0 Å². The van der Waals surface area contributed by atoms with Crippen LogP contribution in [0.25, 0.3) is 0 Å².